The molecule has 0 aliphatic heterocycles. The van der Waals surface area contributed by atoms with E-state index in [1.165, 1.54) is 6.42 Å². The molecule has 0 spiro atoms. The van der Waals surface area contributed by atoms with E-state index in [1.807, 2.05) is 36.4 Å². The van der Waals surface area contributed by atoms with Crippen LogP contribution in [0.3, 0.4) is 0 Å². The third-order valence-electron chi connectivity index (χ3n) is 4.57. The van der Waals surface area contributed by atoms with Crippen LogP contribution in [0.4, 0.5) is 0 Å². The summed E-state index contributed by atoms with van der Waals surface area (Å²) in [5.41, 5.74) is 1.47. The van der Waals surface area contributed by atoms with Crippen LogP contribution in [0.2, 0.25) is 0 Å². The molecule has 2 nitrogen and oxygen atoms in total. The van der Waals surface area contributed by atoms with Crippen LogP contribution in [-0.4, -0.2) is 10.7 Å². The molecule has 0 aromatic heterocycles. The first-order chi connectivity index (χ1) is 10.8. The highest BCUT2D eigenvalue weighted by Gasteiger charge is 2.39. The van der Waals surface area contributed by atoms with Gasteiger partial charge in [-0.25, -0.2) is 0 Å². The number of hydrogen-bond donors (Lipinski definition) is 1. The van der Waals surface area contributed by atoms with E-state index in [0.717, 1.165) is 36.8 Å². The Morgan fingerprint density at radius 2 is 1.45 bits per heavy atom. The summed E-state index contributed by atoms with van der Waals surface area (Å²) in [6.07, 6.45) is 4.75. The molecule has 1 saturated carbocycles. The number of aliphatic hydroxyl groups is 1. The normalized spacial score (nSPS) is 18.8. The van der Waals surface area contributed by atoms with Crippen LogP contribution in [0.15, 0.2) is 60.7 Å². The molecule has 1 atom stereocenters. The van der Waals surface area contributed by atoms with E-state index in [9.17, 15) is 5.11 Å². The van der Waals surface area contributed by atoms with Crippen LogP contribution in [0.5, 0.6) is 0 Å². The van der Waals surface area contributed by atoms with Crippen molar-refractivity contribution >= 4 is 0 Å². The van der Waals surface area contributed by atoms with Gasteiger partial charge in [0.15, 0.2) is 0 Å². The van der Waals surface area contributed by atoms with E-state index in [-0.39, 0.29) is 6.10 Å². The molecule has 1 aliphatic carbocycles. The van der Waals surface area contributed by atoms with Crippen LogP contribution in [0.1, 0.15) is 49.3 Å². The Labute approximate surface area is 132 Å². The number of hydrogen-bond acceptors (Lipinski definition) is 2. The predicted molar refractivity (Wildman–Crippen MR) is 88.4 cm³/mol. The zero-order valence-electron chi connectivity index (χ0n) is 12.9. The highest BCUT2D eigenvalue weighted by atomic mass is 16.5. The maximum Gasteiger partial charge on any atom is 0.112 e. The largest absolute Gasteiger partial charge is 0.387 e. The molecule has 2 aromatic carbocycles. The summed E-state index contributed by atoms with van der Waals surface area (Å²) in [5, 5.41) is 11.1. The molecule has 0 bridgehead atoms. The van der Waals surface area contributed by atoms with Crippen molar-refractivity contribution in [2.24, 2.45) is 0 Å². The van der Waals surface area contributed by atoms with Gasteiger partial charge in [0, 0.05) is 0 Å². The summed E-state index contributed by atoms with van der Waals surface area (Å²) in [4.78, 5) is 0. The minimum absolute atomic E-state index is 0.255. The molecule has 2 aromatic rings. The van der Waals surface area contributed by atoms with Crippen molar-refractivity contribution in [2.75, 3.05) is 0 Å². The Morgan fingerprint density at radius 1 is 0.864 bits per heavy atom. The minimum Gasteiger partial charge on any atom is -0.387 e. The fourth-order valence-corrected chi connectivity index (χ4v) is 3.37. The highest BCUT2D eigenvalue weighted by molar-refractivity contribution is 5.21. The van der Waals surface area contributed by atoms with E-state index in [0.29, 0.717) is 6.61 Å². The Bertz CT molecular complexity index is 559. The fraction of sp³-hybridized carbons (Fsp3) is 0.400. The smallest absolute Gasteiger partial charge is 0.112 e. The van der Waals surface area contributed by atoms with E-state index in [1.54, 1.807) is 0 Å². The molecular weight excluding hydrogens is 272 g/mol. The molecule has 0 radical (unpaired) electrons. The lowest BCUT2D eigenvalue weighted by atomic mass is 9.78. The highest BCUT2D eigenvalue weighted by Crippen LogP contribution is 2.41. The quantitative estimate of drug-likeness (QED) is 0.871. The topological polar surface area (TPSA) is 29.5 Å². The van der Waals surface area contributed by atoms with Gasteiger partial charge in [-0.3, -0.25) is 0 Å². The van der Waals surface area contributed by atoms with Gasteiger partial charge in [0.1, 0.15) is 6.10 Å². The van der Waals surface area contributed by atoms with Gasteiger partial charge in [-0.2, -0.15) is 0 Å². The van der Waals surface area contributed by atoms with E-state index in [2.05, 4.69) is 24.3 Å². The van der Waals surface area contributed by atoms with Crippen molar-refractivity contribution in [3.05, 3.63) is 71.8 Å². The Morgan fingerprint density at radius 3 is 2.09 bits per heavy atom. The molecule has 2 heteroatoms. The van der Waals surface area contributed by atoms with Gasteiger partial charge < -0.3 is 9.84 Å². The van der Waals surface area contributed by atoms with Gasteiger partial charge in [-0.15, -0.1) is 0 Å². The third kappa shape index (κ3) is 3.57. The van der Waals surface area contributed by atoms with Gasteiger partial charge in [0.25, 0.3) is 0 Å². The lowest BCUT2D eigenvalue weighted by molar-refractivity contribution is -0.135. The molecule has 0 heterocycles. The lowest BCUT2D eigenvalue weighted by Crippen LogP contribution is -2.39. The molecule has 0 saturated heterocycles. The average Bonchev–Trinajstić information content (AvgIpc) is 2.57. The molecular formula is C20H24O2. The van der Waals surface area contributed by atoms with Crippen molar-refractivity contribution in [3.8, 4) is 0 Å². The van der Waals surface area contributed by atoms with E-state index >= 15 is 0 Å². The maximum absolute atomic E-state index is 11.1. The predicted octanol–water partition coefficient (Wildman–Crippen LogP) is 4.64. The standard InChI is InChI=1S/C20H24O2/c21-20(14-8-3-9-15-20)19(18-12-6-2-7-13-18)22-16-17-10-4-1-5-11-17/h1-2,4-7,10-13,19,21H,3,8-9,14-16H2. The van der Waals surface area contributed by atoms with Crippen molar-refractivity contribution in [1.29, 1.82) is 0 Å². The molecule has 116 valence electrons. The molecule has 1 aliphatic rings. The van der Waals surface area contributed by atoms with Gasteiger partial charge in [-0.05, 0) is 24.0 Å². The van der Waals surface area contributed by atoms with Gasteiger partial charge in [-0.1, -0.05) is 79.9 Å². The van der Waals surface area contributed by atoms with E-state index < -0.39 is 5.60 Å². The summed E-state index contributed by atoms with van der Waals surface area (Å²) >= 11 is 0. The van der Waals surface area contributed by atoms with Crippen molar-refractivity contribution in [3.63, 3.8) is 0 Å². The van der Waals surface area contributed by atoms with Crippen molar-refractivity contribution < 1.29 is 9.84 Å². The first-order valence-electron chi connectivity index (χ1n) is 8.21. The summed E-state index contributed by atoms with van der Waals surface area (Å²) < 4.78 is 6.21. The Hall–Kier alpha value is -1.64. The summed E-state index contributed by atoms with van der Waals surface area (Å²) in [5.74, 6) is 0. The second-order valence-corrected chi connectivity index (χ2v) is 6.25. The molecule has 1 fully saturated rings. The molecule has 1 unspecified atom stereocenters. The average molecular weight is 296 g/mol. The number of ether oxygens (including phenoxy) is 1. The van der Waals surface area contributed by atoms with Crippen LogP contribution in [0, 0.1) is 0 Å². The van der Waals surface area contributed by atoms with Crippen LogP contribution < -0.4 is 0 Å². The van der Waals surface area contributed by atoms with E-state index in [4.69, 9.17) is 4.74 Å². The zero-order chi connectivity index (χ0) is 15.3. The SMILES string of the molecule is OC1(C(OCc2ccccc2)c2ccccc2)CCCCC1. The first kappa shape index (κ1) is 15.3. The fourth-order valence-electron chi connectivity index (χ4n) is 3.37. The molecule has 3 rings (SSSR count). The summed E-state index contributed by atoms with van der Waals surface area (Å²) in [7, 11) is 0. The molecule has 22 heavy (non-hydrogen) atoms. The Balaban J connectivity index is 1.80. The maximum atomic E-state index is 11.1. The number of benzene rings is 2. The van der Waals surface area contributed by atoms with Crippen LogP contribution in [-0.2, 0) is 11.3 Å². The monoisotopic (exact) mass is 296 g/mol. The van der Waals surface area contributed by atoms with Crippen LogP contribution in [0.25, 0.3) is 0 Å². The molecule has 0 amide bonds. The Kier molecular flexibility index (Phi) is 4.91. The summed E-state index contributed by atoms with van der Waals surface area (Å²) in [6, 6.07) is 20.3. The first-order valence-corrected chi connectivity index (χ1v) is 8.21. The molecule has 1 N–H and O–H groups in total. The zero-order valence-corrected chi connectivity index (χ0v) is 12.9. The van der Waals surface area contributed by atoms with Crippen LogP contribution >= 0.6 is 0 Å². The number of rotatable bonds is 5. The second kappa shape index (κ2) is 7.08. The van der Waals surface area contributed by atoms with Gasteiger partial charge in [0.05, 0.1) is 12.2 Å². The third-order valence-corrected chi connectivity index (χ3v) is 4.57. The second-order valence-electron chi connectivity index (χ2n) is 6.25. The summed E-state index contributed by atoms with van der Waals surface area (Å²) in [6.45, 7) is 0.530. The lowest BCUT2D eigenvalue weighted by Gasteiger charge is -2.39. The van der Waals surface area contributed by atoms with Crippen molar-refractivity contribution in [2.45, 2.75) is 50.4 Å². The van der Waals surface area contributed by atoms with Gasteiger partial charge in [0.2, 0.25) is 0 Å². The minimum atomic E-state index is -0.742. The van der Waals surface area contributed by atoms with Gasteiger partial charge >= 0.3 is 0 Å². The van der Waals surface area contributed by atoms with Crippen molar-refractivity contribution in [1.82, 2.24) is 0 Å².